The minimum Gasteiger partial charge on any atom is -0.342 e. The molecule has 0 aliphatic carbocycles. The van der Waals surface area contributed by atoms with Crippen LogP contribution in [-0.2, 0) is 9.59 Å². The average molecular weight is 344 g/mol. The molecule has 1 aromatic carbocycles. The summed E-state index contributed by atoms with van der Waals surface area (Å²) in [5.41, 5.74) is 2.13. The van der Waals surface area contributed by atoms with Crippen LogP contribution in [0.2, 0.25) is 0 Å². The average Bonchev–Trinajstić information content (AvgIpc) is 2.62. The summed E-state index contributed by atoms with van der Waals surface area (Å²) in [6, 6.07) is 6.58. The van der Waals surface area contributed by atoms with Gasteiger partial charge in [0.25, 0.3) is 0 Å². The van der Waals surface area contributed by atoms with Gasteiger partial charge in [0, 0.05) is 33.1 Å². The Morgan fingerprint density at radius 1 is 1.16 bits per heavy atom. The molecule has 2 aliphatic rings. The zero-order valence-electron chi connectivity index (χ0n) is 14.7. The van der Waals surface area contributed by atoms with Gasteiger partial charge in [-0.25, -0.2) is 4.39 Å². The molecule has 134 valence electrons. The molecular formula is C20H25FN2O2. The Labute approximate surface area is 148 Å². The molecule has 1 atom stereocenters. The van der Waals surface area contributed by atoms with Crippen LogP contribution in [0.3, 0.4) is 0 Å². The first kappa shape index (κ1) is 17.6. The van der Waals surface area contributed by atoms with E-state index in [0.29, 0.717) is 19.6 Å². The van der Waals surface area contributed by atoms with Crippen LogP contribution in [0.5, 0.6) is 0 Å². The second-order valence-corrected chi connectivity index (χ2v) is 6.99. The maximum atomic E-state index is 13.3. The number of hydrogen-bond acceptors (Lipinski definition) is 2. The fourth-order valence-corrected chi connectivity index (χ4v) is 3.71. The van der Waals surface area contributed by atoms with Gasteiger partial charge in [-0.3, -0.25) is 9.59 Å². The smallest absolute Gasteiger partial charge is 0.227 e. The summed E-state index contributed by atoms with van der Waals surface area (Å²) < 4.78 is 13.3. The van der Waals surface area contributed by atoms with E-state index in [1.165, 1.54) is 17.7 Å². The van der Waals surface area contributed by atoms with E-state index in [2.05, 4.69) is 0 Å². The summed E-state index contributed by atoms with van der Waals surface area (Å²) in [7, 11) is 0. The molecule has 0 spiro atoms. The topological polar surface area (TPSA) is 40.6 Å². The number of carbonyl (C=O) groups is 2. The van der Waals surface area contributed by atoms with Crippen LogP contribution < -0.4 is 0 Å². The second-order valence-electron chi connectivity index (χ2n) is 6.99. The largest absolute Gasteiger partial charge is 0.342 e. The van der Waals surface area contributed by atoms with Crippen molar-refractivity contribution in [3.05, 3.63) is 41.2 Å². The number of carbonyl (C=O) groups excluding carboxylic acids is 2. The van der Waals surface area contributed by atoms with Gasteiger partial charge in [-0.1, -0.05) is 23.8 Å². The summed E-state index contributed by atoms with van der Waals surface area (Å²) in [4.78, 5) is 28.0. The molecule has 0 saturated carbocycles. The lowest BCUT2D eigenvalue weighted by Gasteiger charge is -2.36. The van der Waals surface area contributed by atoms with Crippen molar-refractivity contribution >= 4 is 17.9 Å². The van der Waals surface area contributed by atoms with E-state index in [0.717, 1.165) is 37.8 Å². The predicted octanol–water partition coefficient (Wildman–Crippen LogP) is 3.09. The van der Waals surface area contributed by atoms with E-state index in [-0.39, 0.29) is 23.5 Å². The van der Waals surface area contributed by atoms with Crippen LogP contribution in [-0.4, -0.2) is 47.8 Å². The lowest BCUT2D eigenvalue weighted by atomic mass is 9.94. The fraction of sp³-hybridized carbons (Fsp3) is 0.500. The third kappa shape index (κ3) is 4.47. The van der Waals surface area contributed by atoms with Crippen LogP contribution in [0.4, 0.5) is 4.39 Å². The van der Waals surface area contributed by atoms with Gasteiger partial charge in [0.05, 0.1) is 5.92 Å². The van der Waals surface area contributed by atoms with Gasteiger partial charge in [0.2, 0.25) is 11.8 Å². The Balaban J connectivity index is 1.56. The molecule has 2 amide bonds. The van der Waals surface area contributed by atoms with E-state index >= 15 is 0 Å². The number of halogens is 1. The third-order valence-electron chi connectivity index (χ3n) is 5.15. The lowest BCUT2D eigenvalue weighted by Crippen LogP contribution is -2.47. The molecule has 2 fully saturated rings. The van der Waals surface area contributed by atoms with E-state index in [1.54, 1.807) is 17.9 Å². The molecule has 0 N–H and O–H groups in total. The van der Waals surface area contributed by atoms with Crippen molar-refractivity contribution in [1.29, 1.82) is 0 Å². The number of amides is 2. The summed E-state index contributed by atoms with van der Waals surface area (Å²) in [6.45, 7) is 4.29. The Kier molecular flexibility index (Phi) is 5.51. The Morgan fingerprint density at radius 3 is 2.60 bits per heavy atom. The maximum absolute atomic E-state index is 13.3. The highest BCUT2D eigenvalue weighted by Crippen LogP contribution is 2.24. The highest BCUT2D eigenvalue weighted by atomic mass is 19.1. The van der Waals surface area contributed by atoms with E-state index in [9.17, 15) is 14.0 Å². The lowest BCUT2D eigenvalue weighted by molar-refractivity contribution is -0.140. The van der Waals surface area contributed by atoms with Crippen LogP contribution in [0.25, 0.3) is 6.08 Å². The second kappa shape index (κ2) is 7.81. The van der Waals surface area contributed by atoms with Gasteiger partial charge in [0.15, 0.2) is 0 Å². The van der Waals surface area contributed by atoms with Crippen molar-refractivity contribution in [2.45, 2.75) is 32.6 Å². The first-order chi connectivity index (χ1) is 12.0. The monoisotopic (exact) mass is 344 g/mol. The molecule has 0 unspecified atom stereocenters. The zero-order chi connectivity index (χ0) is 17.8. The minimum atomic E-state index is -0.228. The molecule has 3 rings (SSSR count). The molecule has 25 heavy (non-hydrogen) atoms. The number of benzene rings is 1. The summed E-state index contributed by atoms with van der Waals surface area (Å²) in [5, 5.41) is 0. The van der Waals surface area contributed by atoms with Gasteiger partial charge in [0.1, 0.15) is 5.82 Å². The Bertz CT molecular complexity index is 676. The number of likely N-dealkylation sites (tertiary alicyclic amines) is 2. The molecule has 5 heteroatoms. The van der Waals surface area contributed by atoms with Crippen molar-refractivity contribution in [3.63, 3.8) is 0 Å². The van der Waals surface area contributed by atoms with E-state index < -0.39 is 0 Å². The van der Waals surface area contributed by atoms with Crippen LogP contribution in [0.1, 0.15) is 38.2 Å². The van der Waals surface area contributed by atoms with Gasteiger partial charge < -0.3 is 9.80 Å². The number of rotatable bonds is 2. The van der Waals surface area contributed by atoms with Crippen molar-refractivity contribution in [2.75, 3.05) is 26.2 Å². The SMILES string of the molecule is CC(=O)N1CCC[C@@H](C(=O)N2CCC(=Cc3cccc(F)c3)CC2)C1. The van der Waals surface area contributed by atoms with Crippen molar-refractivity contribution in [1.82, 2.24) is 9.80 Å². The van der Waals surface area contributed by atoms with E-state index in [4.69, 9.17) is 0 Å². The zero-order valence-corrected chi connectivity index (χ0v) is 14.7. The molecule has 0 aromatic heterocycles. The van der Waals surface area contributed by atoms with Gasteiger partial charge in [-0.15, -0.1) is 0 Å². The van der Waals surface area contributed by atoms with Gasteiger partial charge in [-0.05, 0) is 43.4 Å². The van der Waals surface area contributed by atoms with Gasteiger partial charge in [-0.2, -0.15) is 0 Å². The predicted molar refractivity (Wildman–Crippen MR) is 95.2 cm³/mol. The Morgan fingerprint density at radius 2 is 1.92 bits per heavy atom. The van der Waals surface area contributed by atoms with Crippen LogP contribution >= 0.6 is 0 Å². The van der Waals surface area contributed by atoms with Crippen molar-refractivity contribution < 1.29 is 14.0 Å². The van der Waals surface area contributed by atoms with E-state index in [1.807, 2.05) is 17.0 Å². The normalized spacial score (nSPS) is 21.2. The summed E-state index contributed by atoms with van der Waals surface area (Å²) >= 11 is 0. The third-order valence-corrected chi connectivity index (χ3v) is 5.15. The summed E-state index contributed by atoms with van der Waals surface area (Å²) in [5.74, 6) is -0.0621. The quantitative estimate of drug-likeness (QED) is 0.827. The maximum Gasteiger partial charge on any atom is 0.227 e. The number of hydrogen-bond donors (Lipinski definition) is 0. The van der Waals surface area contributed by atoms with Crippen LogP contribution in [0.15, 0.2) is 29.8 Å². The van der Waals surface area contributed by atoms with Crippen molar-refractivity contribution in [3.8, 4) is 0 Å². The molecule has 2 aliphatic heterocycles. The summed E-state index contributed by atoms with van der Waals surface area (Å²) in [6.07, 6.45) is 5.44. The molecule has 0 bridgehead atoms. The highest BCUT2D eigenvalue weighted by molar-refractivity contribution is 5.81. The molecular weight excluding hydrogens is 319 g/mol. The van der Waals surface area contributed by atoms with Crippen molar-refractivity contribution in [2.24, 2.45) is 5.92 Å². The molecule has 2 saturated heterocycles. The highest BCUT2D eigenvalue weighted by Gasteiger charge is 2.31. The molecule has 1 aromatic rings. The molecule has 4 nitrogen and oxygen atoms in total. The number of piperidine rings is 2. The number of nitrogens with zero attached hydrogens (tertiary/aromatic N) is 2. The first-order valence-electron chi connectivity index (χ1n) is 9.02. The first-order valence-corrected chi connectivity index (χ1v) is 9.02. The van der Waals surface area contributed by atoms with Gasteiger partial charge >= 0.3 is 0 Å². The Hall–Kier alpha value is -2.17. The fourth-order valence-electron chi connectivity index (χ4n) is 3.71. The molecule has 2 heterocycles. The molecule has 0 radical (unpaired) electrons. The minimum absolute atomic E-state index is 0.0523. The van der Waals surface area contributed by atoms with Crippen LogP contribution in [0, 0.1) is 11.7 Å². The standard InChI is InChI=1S/C20H25FN2O2/c1-15(24)23-9-3-5-18(14-23)20(25)22-10-7-16(8-11-22)12-17-4-2-6-19(21)13-17/h2,4,6,12-13,18H,3,5,7-11,14H2,1H3/t18-/m1/s1.